The topological polar surface area (TPSA) is 142 Å². The molecular formula is C10H30N4O3P4. The third-order valence-electron chi connectivity index (χ3n) is 1.52. The zero-order valence-corrected chi connectivity index (χ0v) is 16.8. The van der Waals surface area contributed by atoms with Crippen LogP contribution in [0.1, 0.15) is 38.5 Å². The Morgan fingerprint density at radius 2 is 1.00 bits per heavy atom. The first kappa shape index (κ1) is 33.0. The van der Waals surface area contributed by atoms with Crippen LogP contribution in [0.2, 0.25) is 0 Å². The highest BCUT2D eigenvalue weighted by Crippen LogP contribution is 1.92. The van der Waals surface area contributed by atoms with Crippen molar-refractivity contribution in [1.82, 2.24) is 0 Å². The van der Waals surface area contributed by atoms with Crippen LogP contribution in [0.25, 0.3) is 0 Å². The van der Waals surface area contributed by atoms with Crippen molar-refractivity contribution in [2.75, 3.05) is 0 Å². The highest BCUT2D eigenvalue weighted by molar-refractivity contribution is 7.15. The molecule has 0 heterocycles. The largest absolute Gasteiger partial charge is 0.412 e. The third-order valence-corrected chi connectivity index (χ3v) is 1.94. The molecule has 0 fully saturated rings. The van der Waals surface area contributed by atoms with E-state index in [2.05, 4.69) is 39.3 Å². The predicted molar refractivity (Wildman–Crippen MR) is 108 cm³/mol. The maximum absolute atomic E-state index is 9.56. The van der Waals surface area contributed by atoms with Crippen LogP contribution in [0.5, 0.6) is 0 Å². The van der Waals surface area contributed by atoms with E-state index in [1.54, 1.807) is 0 Å². The molecule has 21 heavy (non-hydrogen) atoms. The van der Waals surface area contributed by atoms with E-state index in [0.717, 1.165) is 31.8 Å². The molecule has 0 aromatic carbocycles. The Morgan fingerprint density at radius 1 is 0.714 bits per heavy atom. The Bertz CT molecular complexity index is 202. The van der Waals surface area contributed by atoms with Crippen LogP contribution >= 0.6 is 37.6 Å². The Balaban J connectivity index is -0.0000000640. The molecule has 11 heteroatoms. The molecule has 0 spiro atoms. The van der Waals surface area contributed by atoms with Crippen molar-refractivity contribution in [3.63, 3.8) is 0 Å². The van der Waals surface area contributed by atoms with E-state index in [9.17, 15) is 9.59 Å². The number of aldehydes is 2. The highest BCUT2D eigenvalue weighted by atomic mass is 31.0. The van der Waals surface area contributed by atoms with Crippen molar-refractivity contribution >= 4 is 62.6 Å². The van der Waals surface area contributed by atoms with Crippen molar-refractivity contribution in [2.24, 2.45) is 20.5 Å². The van der Waals surface area contributed by atoms with Crippen LogP contribution in [0.4, 0.5) is 0 Å². The molecule has 6 N–H and O–H groups in total. The molecule has 0 saturated carbocycles. The van der Waals surface area contributed by atoms with Gasteiger partial charge in [0.1, 0.15) is 12.6 Å². The Morgan fingerprint density at radius 3 is 1.24 bits per heavy atom. The second kappa shape index (κ2) is 50.0. The van der Waals surface area contributed by atoms with Gasteiger partial charge < -0.3 is 26.1 Å². The van der Waals surface area contributed by atoms with Crippen LogP contribution in [-0.4, -0.2) is 30.5 Å². The third kappa shape index (κ3) is 64.1. The SMILES string of the molecule is NP.NP.O.O=CCCCC=O.PN=CCCCC=NP. The Hall–Kier alpha value is 0.280. The minimum atomic E-state index is 0. The Labute approximate surface area is 137 Å². The zero-order valence-electron chi connectivity index (χ0n) is 12.2. The van der Waals surface area contributed by atoms with Crippen LogP contribution in [0, 0.1) is 0 Å². The minimum absolute atomic E-state index is 0. The summed E-state index contributed by atoms with van der Waals surface area (Å²) in [6, 6.07) is 0. The molecule has 0 rings (SSSR count). The molecule has 4 unspecified atom stereocenters. The number of nitrogens with zero attached hydrogens (tertiary/aromatic N) is 2. The van der Waals surface area contributed by atoms with Crippen molar-refractivity contribution in [2.45, 2.75) is 38.5 Å². The highest BCUT2D eigenvalue weighted by Gasteiger charge is 1.80. The fourth-order valence-electron chi connectivity index (χ4n) is 0.734. The van der Waals surface area contributed by atoms with E-state index in [1.165, 1.54) is 0 Å². The smallest absolute Gasteiger partial charge is 0.120 e. The molecule has 0 aromatic heterocycles. The summed E-state index contributed by atoms with van der Waals surface area (Å²) in [6.45, 7) is 0. The maximum Gasteiger partial charge on any atom is 0.120 e. The molecule has 0 bridgehead atoms. The van der Waals surface area contributed by atoms with Gasteiger partial charge in [0.15, 0.2) is 0 Å². The quantitative estimate of drug-likeness (QED) is 0.282. The van der Waals surface area contributed by atoms with Gasteiger partial charge in [-0.05, 0) is 44.5 Å². The molecule has 0 aliphatic heterocycles. The van der Waals surface area contributed by atoms with Gasteiger partial charge in [0.25, 0.3) is 0 Å². The summed E-state index contributed by atoms with van der Waals surface area (Å²) in [5.74, 6) is 0. The molecule has 4 atom stereocenters. The summed E-state index contributed by atoms with van der Waals surface area (Å²) in [7, 11) is 8.45. The van der Waals surface area contributed by atoms with Gasteiger partial charge >= 0.3 is 0 Å². The van der Waals surface area contributed by atoms with Crippen molar-refractivity contribution in [1.29, 1.82) is 0 Å². The fraction of sp³-hybridized carbons (Fsp3) is 0.600. The van der Waals surface area contributed by atoms with Gasteiger partial charge in [-0.2, -0.15) is 0 Å². The lowest BCUT2D eigenvalue weighted by Gasteiger charge is -1.85. The van der Waals surface area contributed by atoms with E-state index < -0.39 is 0 Å². The minimum Gasteiger partial charge on any atom is -0.412 e. The first-order valence-electron chi connectivity index (χ1n) is 5.80. The van der Waals surface area contributed by atoms with Gasteiger partial charge in [0.2, 0.25) is 0 Å². The van der Waals surface area contributed by atoms with Gasteiger partial charge in [-0.3, -0.25) is 9.53 Å². The summed E-state index contributed by atoms with van der Waals surface area (Å²) in [5, 5.41) is 0. The van der Waals surface area contributed by atoms with E-state index >= 15 is 0 Å². The Kier molecular flexibility index (Phi) is 78.6. The van der Waals surface area contributed by atoms with Crippen LogP contribution in [0.15, 0.2) is 9.53 Å². The standard InChI is InChI=1S/C5H12N2P2.C5H8O2.2H4NP.H2O/c8-6-4-2-1-3-5-7-9;6-4-2-1-3-5-7;2*1-2;/h4-5H,1-3,8-9H2;4-5H,1-3H2;2*1-2H2;1H2. The second-order valence-electron chi connectivity index (χ2n) is 2.86. The molecule has 7 nitrogen and oxygen atoms in total. The number of unbranched alkanes of at least 4 members (excludes halogenated alkanes) is 4. The maximum atomic E-state index is 9.56. The second-order valence-corrected chi connectivity index (χ2v) is 3.45. The average Bonchev–Trinajstić information content (AvgIpc) is 2.52. The number of carbonyl (C=O) groups excluding carboxylic acids is 2. The van der Waals surface area contributed by atoms with Crippen molar-refractivity contribution in [3.05, 3.63) is 0 Å². The normalized spacial score (nSPS) is 8.29. The fourth-order valence-corrected chi connectivity index (χ4v) is 1.03. The summed E-state index contributed by atoms with van der Waals surface area (Å²) in [4.78, 5) is 19.1. The lowest BCUT2D eigenvalue weighted by molar-refractivity contribution is -0.108. The molecule has 0 radical (unpaired) electrons. The van der Waals surface area contributed by atoms with Crippen LogP contribution in [0.3, 0.4) is 0 Å². The number of rotatable bonds is 8. The molecule has 0 aliphatic carbocycles. The summed E-state index contributed by atoms with van der Waals surface area (Å²) in [5.41, 5.74) is 8.83. The van der Waals surface area contributed by atoms with Crippen LogP contribution in [-0.2, 0) is 9.59 Å². The van der Waals surface area contributed by atoms with Gasteiger partial charge in [0.05, 0.1) is 0 Å². The van der Waals surface area contributed by atoms with E-state index in [0.29, 0.717) is 19.3 Å². The van der Waals surface area contributed by atoms with E-state index in [4.69, 9.17) is 0 Å². The number of hydrogen-bond acceptors (Lipinski definition) is 6. The lowest BCUT2D eigenvalue weighted by Crippen LogP contribution is -1.76. The molecule has 0 saturated heterocycles. The first-order valence-corrected chi connectivity index (χ1v) is 8.17. The van der Waals surface area contributed by atoms with Gasteiger partial charge in [-0.1, -0.05) is 18.8 Å². The van der Waals surface area contributed by atoms with Crippen molar-refractivity contribution in [3.8, 4) is 0 Å². The number of nitrogens with two attached hydrogens (primary N) is 2. The van der Waals surface area contributed by atoms with Gasteiger partial charge in [-0.25, -0.2) is 0 Å². The lowest BCUT2D eigenvalue weighted by atomic mass is 10.3. The molecule has 0 aliphatic rings. The summed E-state index contributed by atoms with van der Waals surface area (Å²) in [6.07, 6.45) is 10.4. The summed E-state index contributed by atoms with van der Waals surface area (Å²) >= 11 is 0. The van der Waals surface area contributed by atoms with Crippen molar-refractivity contribution < 1.29 is 15.1 Å². The molecule has 128 valence electrons. The van der Waals surface area contributed by atoms with E-state index in [-0.39, 0.29) is 5.48 Å². The monoisotopic (exact) mass is 378 g/mol. The predicted octanol–water partition coefficient (Wildman–Crippen LogP) is 1.08. The molecular weight excluding hydrogens is 348 g/mol. The first-order chi connectivity index (χ1) is 9.83. The number of carbonyl (C=O) groups is 2. The number of hydrogen-bond donors (Lipinski definition) is 2. The average molecular weight is 378 g/mol. The molecule has 0 amide bonds. The van der Waals surface area contributed by atoms with Gasteiger partial charge in [-0.15, -0.1) is 0 Å². The summed E-state index contributed by atoms with van der Waals surface area (Å²) < 4.78 is 7.55. The molecule has 0 aromatic rings. The van der Waals surface area contributed by atoms with E-state index in [1.807, 2.05) is 31.2 Å². The zero-order chi connectivity index (χ0) is 16.5. The van der Waals surface area contributed by atoms with Gasteiger partial charge in [0, 0.05) is 25.3 Å². The van der Waals surface area contributed by atoms with Crippen LogP contribution < -0.4 is 11.0 Å².